The fourth-order valence-corrected chi connectivity index (χ4v) is 7.96. The van der Waals surface area contributed by atoms with Gasteiger partial charge in [-0.1, -0.05) is 30.2 Å². The van der Waals surface area contributed by atoms with Crippen LogP contribution in [0.25, 0.3) is 0 Å². The summed E-state index contributed by atoms with van der Waals surface area (Å²) in [6.07, 6.45) is 4.58. The maximum absolute atomic E-state index is 14.2. The number of nitrogens with one attached hydrogen (secondary N) is 1. The molecule has 4 N–H and O–H groups in total. The number of carbonyl (C=O) groups excluding carboxylic acids is 2. The first-order valence-corrected chi connectivity index (χ1v) is 16.6. The van der Waals surface area contributed by atoms with E-state index in [0.29, 0.717) is 55.4 Å². The number of aliphatic hydroxyl groups is 3. The maximum atomic E-state index is 14.2. The van der Waals surface area contributed by atoms with Crippen LogP contribution in [-0.4, -0.2) is 70.5 Å². The Labute approximate surface area is 276 Å². The van der Waals surface area contributed by atoms with Crippen molar-refractivity contribution in [2.45, 2.75) is 69.9 Å². The number of hydrogen-bond donors (Lipinski definition) is 4. The van der Waals surface area contributed by atoms with Gasteiger partial charge >= 0.3 is 0 Å². The largest absolute Gasteiger partial charge is 0.493 e. The van der Waals surface area contributed by atoms with Crippen LogP contribution < -0.4 is 14.8 Å². The third kappa shape index (κ3) is 7.52. The second-order valence-electron chi connectivity index (χ2n) is 12.1. The summed E-state index contributed by atoms with van der Waals surface area (Å²) in [5, 5.41) is 34.2. The number of carbonyl (C=O) groups is 2. The number of benzene rings is 2. The summed E-state index contributed by atoms with van der Waals surface area (Å²) < 4.78 is 12.6. The second-order valence-corrected chi connectivity index (χ2v) is 13.7. The van der Waals surface area contributed by atoms with E-state index < -0.39 is 24.2 Å². The molecule has 0 spiro atoms. The fourth-order valence-electron chi connectivity index (χ4n) is 7.04. The third-order valence-electron chi connectivity index (χ3n) is 9.25. The number of nitrogens with zero attached hydrogens (tertiary/aromatic N) is 1. The molecule has 44 heavy (non-hydrogen) atoms. The Kier molecular flexibility index (Phi) is 11.1. The van der Waals surface area contributed by atoms with E-state index >= 15 is 0 Å². The van der Waals surface area contributed by atoms with Crippen molar-refractivity contribution < 1.29 is 34.4 Å². The molecule has 11 heteroatoms. The van der Waals surface area contributed by atoms with Gasteiger partial charge in [0.15, 0.2) is 11.5 Å². The van der Waals surface area contributed by atoms with Crippen molar-refractivity contribution in [2.24, 2.45) is 17.8 Å². The highest BCUT2D eigenvalue weighted by Gasteiger charge is 2.44. The molecule has 0 aromatic heterocycles. The number of fused-ring (bicyclic) bond motifs is 2. The number of ether oxygens (including phenoxy) is 2. The zero-order valence-corrected chi connectivity index (χ0v) is 27.7. The molecule has 9 nitrogen and oxygen atoms in total. The predicted molar refractivity (Wildman–Crippen MR) is 174 cm³/mol. The first kappa shape index (κ1) is 33.0. The molecule has 2 fully saturated rings. The quantitative estimate of drug-likeness (QED) is 0.240. The van der Waals surface area contributed by atoms with Crippen LogP contribution in [0.15, 0.2) is 48.0 Å². The Morgan fingerprint density at radius 2 is 1.89 bits per heavy atom. The maximum Gasteiger partial charge on any atom is 0.247 e. The molecule has 2 aromatic rings. The van der Waals surface area contributed by atoms with Crippen molar-refractivity contribution in [1.29, 1.82) is 0 Å². The molecule has 238 valence electrons. The Morgan fingerprint density at radius 1 is 1.11 bits per heavy atom. The van der Waals surface area contributed by atoms with Gasteiger partial charge in [-0.3, -0.25) is 9.59 Å². The van der Waals surface area contributed by atoms with Crippen molar-refractivity contribution in [3.63, 3.8) is 0 Å². The fraction of sp³-hybridized carbons (Fsp3) is 0.515. The minimum Gasteiger partial charge on any atom is -0.493 e. The number of amides is 2. The van der Waals surface area contributed by atoms with Gasteiger partial charge in [0.25, 0.3) is 0 Å². The number of aliphatic hydroxyl groups excluding tert-OH is 3. The van der Waals surface area contributed by atoms with Crippen LogP contribution in [0.3, 0.4) is 0 Å². The van der Waals surface area contributed by atoms with Gasteiger partial charge in [0.1, 0.15) is 12.2 Å². The van der Waals surface area contributed by atoms with Crippen molar-refractivity contribution in [3.8, 4) is 11.5 Å². The number of hydrogen-bond acceptors (Lipinski definition) is 7. The summed E-state index contributed by atoms with van der Waals surface area (Å²) in [6.45, 7) is -0.0910. The van der Waals surface area contributed by atoms with Gasteiger partial charge in [-0.05, 0) is 101 Å². The van der Waals surface area contributed by atoms with Crippen LogP contribution in [0.4, 0.5) is 0 Å². The molecule has 0 heterocycles. The lowest BCUT2D eigenvalue weighted by atomic mass is 9.84. The molecule has 2 bridgehead atoms. The van der Waals surface area contributed by atoms with Gasteiger partial charge < -0.3 is 35.0 Å². The monoisotopic (exact) mass is 738 g/mol. The van der Waals surface area contributed by atoms with E-state index in [1.54, 1.807) is 35.2 Å². The summed E-state index contributed by atoms with van der Waals surface area (Å²) in [5.41, 5.74) is 1.85. The normalized spacial score (nSPS) is 25.8. The molecule has 3 aliphatic carbocycles. The SMILES string of the molecule is COc1cc(CO)cc(I)c1O[C@H]1C=C(C(=O)NCCO)C[C@@H](N(Cc2ccc(Cl)cc2)C(=O)CC2CC3CCC2C3)[C@@H]1O. The molecular weight excluding hydrogens is 699 g/mol. The van der Waals surface area contributed by atoms with Gasteiger partial charge in [-0.15, -0.1) is 0 Å². The molecule has 6 atom stereocenters. The molecule has 0 aliphatic heterocycles. The molecule has 2 saturated carbocycles. The number of methoxy groups -OCH3 is 1. The highest BCUT2D eigenvalue weighted by molar-refractivity contribution is 14.1. The van der Waals surface area contributed by atoms with Crippen molar-refractivity contribution >= 4 is 46.0 Å². The Morgan fingerprint density at radius 3 is 2.52 bits per heavy atom. The minimum atomic E-state index is -1.17. The highest BCUT2D eigenvalue weighted by atomic mass is 127. The first-order valence-electron chi connectivity index (χ1n) is 15.2. The molecule has 2 aromatic carbocycles. The average Bonchev–Trinajstić information content (AvgIpc) is 3.65. The predicted octanol–water partition coefficient (Wildman–Crippen LogP) is 4.22. The van der Waals surface area contributed by atoms with Crippen LogP contribution >= 0.6 is 34.2 Å². The van der Waals surface area contributed by atoms with E-state index in [-0.39, 0.29) is 38.6 Å². The van der Waals surface area contributed by atoms with Crippen LogP contribution in [-0.2, 0) is 22.7 Å². The summed E-state index contributed by atoms with van der Waals surface area (Å²) in [7, 11) is 1.49. The zero-order valence-electron chi connectivity index (χ0n) is 24.8. The van der Waals surface area contributed by atoms with Gasteiger partial charge in [-0.25, -0.2) is 0 Å². The van der Waals surface area contributed by atoms with Crippen LogP contribution in [0.5, 0.6) is 11.5 Å². The lowest BCUT2D eigenvalue weighted by molar-refractivity contribution is -0.141. The van der Waals surface area contributed by atoms with Crippen LogP contribution in [0.1, 0.15) is 49.7 Å². The topological polar surface area (TPSA) is 129 Å². The van der Waals surface area contributed by atoms with Gasteiger partial charge in [-0.2, -0.15) is 0 Å². The van der Waals surface area contributed by atoms with E-state index in [4.69, 9.17) is 21.1 Å². The third-order valence-corrected chi connectivity index (χ3v) is 10.3. The van der Waals surface area contributed by atoms with E-state index in [1.165, 1.54) is 20.0 Å². The molecule has 2 amide bonds. The molecule has 0 saturated heterocycles. The van der Waals surface area contributed by atoms with Gasteiger partial charge in [0.05, 0.1) is 29.9 Å². The Bertz CT molecular complexity index is 1370. The van der Waals surface area contributed by atoms with Crippen molar-refractivity contribution in [2.75, 3.05) is 20.3 Å². The Balaban J connectivity index is 1.48. The number of rotatable bonds is 12. The lowest BCUT2D eigenvalue weighted by Crippen LogP contribution is -2.55. The van der Waals surface area contributed by atoms with Gasteiger partial charge in [0.2, 0.25) is 11.8 Å². The summed E-state index contributed by atoms with van der Waals surface area (Å²) in [4.78, 5) is 29.1. The highest BCUT2D eigenvalue weighted by Crippen LogP contribution is 2.50. The molecule has 3 unspecified atom stereocenters. The number of halogens is 2. The summed E-state index contributed by atoms with van der Waals surface area (Å²) in [5.74, 6) is 1.86. The zero-order chi connectivity index (χ0) is 31.4. The molecule has 0 radical (unpaired) electrons. The second kappa shape index (κ2) is 14.8. The minimum absolute atomic E-state index is 0.0585. The lowest BCUT2D eigenvalue weighted by Gasteiger charge is -2.41. The van der Waals surface area contributed by atoms with Crippen molar-refractivity contribution in [3.05, 3.63) is 67.8 Å². The van der Waals surface area contributed by atoms with Crippen LogP contribution in [0.2, 0.25) is 5.02 Å². The average molecular weight is 739 g/mol. The van der Waals surface area contributed by atoms with E-state index in [1.807, 2.05) is 12.1 Å². The molecule has 5 rings (SSSR count). The molecular formula is C33H40ClIN2O7. The van der Waals surface area contributed by atoms with E-state index in [9.17, 15) is 24.9 Å². The first-order chi connectivity index (χ1) is 21.2. The van der Waals surface area contributed by atoms with Crippen LogP contribution in [0, 0.1) is 21.3 Å². The molecule has 3 aliphatic rings. The van der Waals surface area contributed by atoms with Crippen molar-refractivity contribution in [1.82, 2.24) is 10.2 Å². The summed E-state index contributed by atoms with van der Waals surface area (Å²) >= 11 is 8.23. The smallest absolute Gasteiger partial charge is 0.247 e. The standard InChI is InChI=1S/C33H40ClIN2O7/c1-43-29-13-21(18-39)12-26(35)32(29)44-28-15-24(33(42)36-8-9-38)14-27(31(28)41)37(17-19-3-6-25(34)7-4-19)30(40)16-23-11-20-2-5-22(23)10-20/h3-4,6-7,12-13,15,20,22-23,27-28,31,38-39,41H,2,5,8-11,14,16-18H2,1H3,(H,36,42)/t20?,22?,23?,27-,28+,31+/m1/s1. The van der Waals surface area contributed by atoms with E-state index in [2.05, 4.69) is 27.9 Å². The summed E-state index contributed by atoms with van der Waals surface area (Å²) in [6, 6.07) is 9.94. The van der Waals surface area contributed by atoms with E-state index in [0.717, 1.165) is 18.4 Å². The Hall–Kier alpha value is -2.38. The van der Waals surface area contributed by atoms with Gasteiger partial charge in [0, 0.05) is 36.5 Å².